The fraction of sp³-hybridized carbons (Fsp3) is 0.500. The number of hydrogen-bond acceptors (Lipinski definition) is 3. The number of amides is 1. The molecular weight excluding hydrogens is 228 g/mol. The van der Waals surface area contributed by atoms with Crippen molar-refractivity contribution >= 4 is 5.91 Å². The van der Waals surface area contributed by atoms with Crippen LogP contribution in [0, 0.1) is 0 Å². The van der Waals surface area contributed by atoms with Gasteiger partial charge in [0.15, 0.2) is 0 Å². The summed E-state index contributed by atoms with van der Waals surface area (Å²) in [6.45, 7) is 3.64. The molecule has 1 aromatic carbocycles. The smallest absolute Gasteiger partial charge is 0.236 e. The van der Waals surface area contributed by atoms with E-state index in [0.29, 0.717) is 19.6 Å². The summed E-state index contributed by atoms with van der Waals surface area (Å²) in [7, 11) is 1.83. The molecule has 1 amide bonds. The predicted molar refractivity (Wildman–Crippen MR) is 70.1 cm³/mol. The molecule has 1 aromatic rings. The lowest BCUT2D eigenvalue weighted by molar-refractivity contribution is -0.135. The topological polar surface area (TPSA) is 43.8 Å². The monoisotopic (exact) mass is 248 g/mol. The minimum Gasteiger partial charge on any atom is -0.390 e. The molecule has 0 aliphatic carbocycles. The van der Waals surface area contributed by atoms with Crippen molar-refractivity contribution in [3.05, 3.63) is 35.9 Å². The van der Waals surface area contributed by atoms with Gasteiger partial charge in [-0.15, -0.1) is 0 Å². The van der Waals surface area contributed by atoms with Crippen LogP contribution in [0.25, 0.3) is 0 Å². The molecule has 4 heteroatoms. The largest absolute Gasteiger partial charge is 0.390 e. The van der Waals surface area contributed by atoms with Crippen LogP contribution in [0.2, 0.25) is 0 Å². The molecule has 1 heterocycles. The van der Waals surface area contributed by atoms with Gasteiger partial charge in [0.05, 0.1) is 18.7 Å². The van der Waals surface area contributed by atoms with Gasteiger partial charge in [-0.1, -0.05) is 30.3 Å². The van der Waals surface area contributed by atoms with Gasteiger partial charge in [-0.25, -0.2) is 0 Å². The Kier molecular flexibility index (Phi) is 3.99. The molecule has 0 bridgehead atoms. The average Bonchev–Trinajstić information content (AvgIpc) is 2.36. The lowest BCUT2D eigenvalue weighted by Crippen LogP contribution is -2.54. The Morgan fingerprint density at radius 1 is 1.44 bits per heavy atom. The Bertz CT molecular complexity index is 402. The van der Waals surface area contributed by atoms with Crippen LogP contribution in [-0.2, 0) is 4.79 Å². The summed E-state index contributed by atoms with van der Waals surface area (Å²) in [6.07, 6.45) is -0.255. The first-order valence-corrected chi connectivity index (χ1v) is 6.29. The molecule has 4 nitrogen and oxygen atoms in total. The lowest BCUT2D eigenvalue weighted by Gasteiger charge is -2.37. The summed E-state index contributed by atoms with van der Waals surface area (Å²) in [5.74, 6) is 0.0956. The van der Waals surface area contributed by atoms with E-state index in [1.807, 2.05) is 49.2 Å². The summed E-state index contributed by atoms with van der Waals surface area (Å²) >= 11 is 0. The summed E-state index contributed by atoms with van der Waals surface area (Å²) in [5, 5.41) is 9.19. The number of nitrogens with zero attached hydrogens (tertiary/aromatic N) is 2. The lowest BCUT2D eigenvalue weighted by atomic mass is 10.1. The number of likely N-dealkylation sites (N-methyl/N-ethyl adjacent to an activating group) is 1. The van der Waals surface area contributed by atoms with Crippen molar-refractivity contribution in [1.29, 1.82) is 0 Å². The van der Waals surface area contributed by atoms with Crippen molar-refractivity contribution in [3.63, 3.8) is 0 Å². The van der Waals surface area contributed by atoms with Crippen LogP contribution >= 0.6 is 0 Å². The Labute approximate surface area is 108 Å². The van der Waals surface area contributed by atoms with Crippen LogP contribution in [-0.4, -0.2) is 53.6 Å². The van der Waals surface area contributed by atoms with Crippen molar-refractivity contribution in [2.75, 3.05) is 26.7 Å². The van der Waals surface area contributed by atoms with Gasteiger partial charge in [0.2, 0.25) is 5.91 Å². The van der Waals surface area contributed by atoms with Crippen molar-refractivity contribution in [2.45, 2.75) is 19.1 Å². The highest BCUT2D eigenvalue weighted by atomic mass is 16.3. The molecule has 0 spiro atoms. The van der Waals surface area contributed by atoms with Crippen molar-refractivity contribution in [1.82, 2.24) is 9.80 Å². The average molecular weight is 248 g/mol. The highest BCUT2D eigenvalue weighted by Crippen LogP contribution is 2.19. The Hall–Kier alpha value is -1.39. The molecule has 1 unspecified atom stereocenters. The number of carbonyl (C=O) groups excluding carboxylic acids is 1. The summed E-state index contributed by atoms with van der Waals surface area (Å²) in [5.41, 5.74) is 1.14. The number of carbonyl (C=O) groups is 1. The second-order valence-corrected chi connectivity index (χ2v) is 4.94. The first kappa shape index (κ1) is 13.1. The molecule has 98 valence electrons. The van der Waals surface area contributed by atoms with Gasteiger partial charge in [-0.2, -0.15) is 0 Å². The van der Waals surface area contributed by atoms with E-state index in [2.05, 4.69) is 0 Å². The quantitative estimate of drug-likeness (QED) is 0.860. The number of aliphatic hydroxyl groups is 1. The second-order valence-electron chi connectivity index (χ2n) is 4.94. The van der Waals surface area contributed by atoms with Gasteiger partial charge >= 0.3 is 0 Å². The first-order valence-electron chi connectivity index (χ1n) is 6.29. The van der Waals surface area contributed by atoms with Gasteiger partial charge < -0.3 is 10.0 Å². The fourth-order valence-corrected chi connectivity index (χ4v) is 2.15. The van der Waals surface area contributed by atoms with Gasteiger partial charge in [0.25, 0.3) is 0 Å². The van der Waals surface area contributed by atoms with Crippen LogP contribution in [0.5, 0.6) is 0 Å². The van der Waals surface area contributed by atoms with E-state index >= 15 is 0 Å². The Morgan fingerprint density at radius 3 is 2.61 bits per heavy atom. The van der Waals surface area contributed by atoms with E-state index in [1.54, 1.807) is 4.90 Å². The Balaban J connectivity index is 1.90. The molecule has 1 aliphatic rings. The molecule has 2 rings (SSSR count). The van der Waals surface area contributed by atoms with Crippen LogP contribution in [0.3, 0.4) is 0 Å². The van der Waals surface area contributed by atoms with Crippen LogP contribution in [0.15, 0.2) is 30.3 Å². The molecule has 0 aromatic heterocycles. The van der Waals surface area contributed by atoms with Crippen molar-refractivity contribution < 1.29 is 9.90 Å². The first-order chi connectivity index (χ1) is 8.58. The van der Waals surface area contributed by atoms with E-state index in [-0.39, 0.29) is 18.1 Å². The van der Waals surface area contributed by atoms with Gasteiger partial charge in [-0.05, 0) is 12.5 Å². The number of likely N-dealkylation sites (tertiary alicyclic amines) is 1. The summed E-state index contributed by atoms with van der Waals surface area (Å²) in [4.78, 5) is 15.8. The standard InChI is InChI=1S/C14H20N2O2/c1-11(12-6-4-3-5-7-12)15(2)14(18)10-16-8-13(17)9-16/h3-7,11,13,17H,8-10H2,1-2H3. The van der Waals surface area contributed by atoms with Crippen LogP contribution in [0.4, 0.5) is 0 Å². The Morgan fingerprint density at radius 2 is 2.06 bits per heavy atom. The number of rotatable bonds is 4. The maximum absolute atomic E-state index is 12.1. The minimum atomic E-state index is -0.255. The third-order valence-electron chi connectivity index (χ3n) is 3.55. The number of β-amino-alcohol motifs (C(OH)–C–C–N with tert-alkyl or cyclic N) is 1. The summed E-state index contributed by atoms with van der Waals surface area (Å²) < 4.78 is 0. The van der Waals surface area contributed by atoms with E-state index in [1.165, 1.54) is 0 Å². The highest BCUT2D eigenvalue weighted by Gasteiger charge is 2.28. The van der Waals surface area contributed by atoms with Gasteiger partial charge in [0, 0.05) is 20.1 Å². The van der Waals surface area contributed by atoms with Crippen molar-refractivity contribution in [2.24, 2.45) is 0 Å². The third kappa shape index (κ3) is 2.89. The minimum absolute atomic E-state index is 0.0740. The zero-order chi connectivity index (χ0) is 13.1. The molecule has 1 atom stereocenters. The molecule has 1 N–H and O–H groups in total. The highest BCUT2D eigenvalue weighted by molar-refractivity contribution is 5.78. The molecule has 18 heavy (non-hydrogen) atoms. The number of aliphatic hydroxyl groups excluding tert-OH is 1. The van der Waals surface area contributed by atoms with E-state index in [0.717, 1.165) is 5.56 Å². The maximum atomic E-state index is 12.1. The molecule has 0 radical (unpaired) electrons. The molecular formula is C14H20N2O2. The molecule has 1 aliphatic heterocycles. The van der Waals surface area contributed by atoms with E-state index < -0.39 is 0 Å². The zero-order valence-corrected chi connectivity index (χ0v) is 10.9. The predicted octanol–water partition coefficient (Wildman–Crippen LogP) is 0.883. The maximum Gasteiger partial charge on any atom is 0.236 e. The van der Waals surface area contributed by atoms with Gasteiger partial charge in [-0.3, -0.25) is 9.69 Å². The zero-order valence-electron chi connectivity index (χ0n) is 10.9. The second kappa shape index (κ2) is 5.50. The fourth-order valence-electron chi connectivity index (χ4n) is 2.15. The SMILES string of the molecule is CC(c1ccccc1)N(C)C(=O)CN1CC(O)C1. The van der Waals surface area contributed by atoms with E-state index in [9.17, 15) is 9.90 Å². The molecule has 1 fully saturated rings. The molecule has 0 saturated carbocycles. The summed E-state index contributed by atoms with van der Waals surface area (Å²) in [6, 6.07) is 10.1. The van der Waals surface area contributed by atoms with Crippen molar-refractivity contribution in [3.8, 4) is 0 Å². The molecule has 1 saturated heterocycles. The normalized spacial score (nSPS) is 18.2. The van der Waals surface area contributed by atoms with Crippen LogP contribution < -0.4 is 0 Å². The van der Waals surface area contributed by atoms with Gasteiger partial charge in [0.1, 0.15) is 0 Å². The number of benzene rings is 1. The van der Waals surface area contributed by atoms with E-state index in [4.69, 9.17) is 0 Å². The van der Waals surface area contributed by atoms with Crippen LogP contribution in [0.1, 0.15) is 18.5 Å². The third-order valence-corrected chi connectivity index (χ3v) is 3.55. The number of hydrogen-bond donors (Lipinski definition) is 1.